The van der Waals surface area contributed by atoms with Gasteiger partial charge in [0.05, 0.1) is 6.21 Å². The average Bonchev–Trinajstić information content (AvgIpc) is 2.68. The van der Waals surface area contributed by atoms with Gasteiger partial charge in [-0.05, 0) is 24.6 Å². The van der Waals surface area contributed by atoms with Crippen molar-refractivity contribution in [3.8, 4) is 5.75 Å². The van der Waals surface area contributed by atoms with Gasteiger partial charge in [0.1, 0.15) is 12.4 Å². The Hall–Kier alpha value is -2.33. The molecule has 0 aliphatic rings. The molecule has 5 heteroatoms. The molecule has 0 bridgehead atoms. The molecule has 2 aromatic carbocycles. The highest BCUT2D eigenvalue weighted by Crippen LogP contribution is 2.20. The molecule has 27 heavy (non-hydrogen) atoms. The van der Waals surface area contributed by atoms with Gasteiger partial charge in [0, 0.05) is 22.6 Å². The van der Waals surface area contributed by atoms with E-state index in [0.717, 1.165) is 24.0 Å². The first-order valence-electron chi connectivity index (χ1n) is 9.48. The molecule has 0 spiro atoms. The highest BCUT2D eigenvalue weighted by Gasteiger charge is 2.04. The van der Waals surface area contributed by atoms with Gasteiger partial charge in [-0.1, -0.05) is 74.5 Å². The molecule has 0 saturated heterocycles. The number of amides is 1. The van der Waals surface area contributed by atoms with Crippen molar-refractivity contribution in [2.45, 2.75) is 52.1 Å². The van der Waals surface area contributed by atoms with Gasteiger partial charge >= 0.3 is 0 Å². The van der Waals surface area contributed by atoms with Crippen molar-refractivity contribution < 1.29 is 9.53 Å². The first-order chi connectivity index (χ1) is 13.2. The van der Waals surface area contributed by atoms with E-state index in [1.165, 1.54) is 19.3 Å². The van der Waals surface area contributed by atoms with Crippen LogP contribution < -0.4 is 10.2 Å². The van der Waals surface area contributed by atoms with Crippen LogP contribution in [0.25, 0.3) is 0 Å². The highest BCUT2D eigenvalue weighted by atomic mass is 35.5. The van der Waals surface area contributed by atoms with Gasteiger partial charge < -0.3 is 4.74 Å². The van der Waals surface area contributed by atoms with Crippen molar-refractivity contribution in [1.29, 1.82) is 0 Å². The minimum absolute atomic E-state index is 0.0581. The third-order valence-electron chi connectivity index (χ3n) is 4.16. The maximum Gasteiger partial charge on any atom is 0.240 e. The summed E-state index contributed by atoms with van der Waals surface area (Å²) >= 11 is 6.16. The monoisotopic (exact) mass is 386 g/mol. The summed E-state index contributed by atoms with van der Waals surface area (Å²) < 4.78 is 5.88. The lowest BCUT2D eigenvalue weighted by Gasteiger charge is -2.10. The fourth-order valence-electron chi connectivity index (χ4n) is 2.61. The molecule has 0 radical (unpaired) electrons. The van der Waals surface area contributed by atoms with E-state index in [4.69, 9.17) is 16.3 Å². The molecule has 0 atom stereocenters. The Morgan fingerprint density at radius 2 is 1.81 bits per heavy atom. The van der Waals surface area contributed by atoms with Crippen LogP contribution in [0, 0.1) is 0 Å². The lowest BCUT2D eigenvalue weighted by atomic mass is 10.1. The number of hydrogen-bond acceptors (Lipinski definition) is 3. The van der Waals surface area contributed by atoms with Crippen molar-refractivity contribution in [1.82, 2.24) is 5.43 Å². The zero-order chi connectivity index (χ0) is 19.3. The largest absolute Gasteiger partial charge is 0.488 e. The van der Waals surface area contributed by atoms with Gasteiger partial charge in [-0.15, -0.1) is 0 Å². The fourth-order valence-corrected chi connectivity index (χ4v) is 2.80. The molecule has 2 rings (SSSR count). The molecule has 0 fully saturated rings. The summed E-state index contributed by atoms with van der Waals surface area (Å²) in [4.78, 5) is 11.8. The molecule has 4 nitrogen and oxygen atoms in total. The standard InChI is InChI=1S/C22H27ClN2O2/c1-2-3-4-5-6-15-22(26)25-24-16-18-11-8-10-14-21(18)27-17-19-12-7-9-13-20(19)23/h7-14,16H,2-6,15,17H2,1H3,(H,25,26)/b24-16+. The van der Waals surface area contributed by atoms with Crippen molar-refractivity contribution in [2.24, 2.45) is 5.10 Å². The van der Waals surface area contributed by atoms with Crippen LogP contribution >= 0.6 is 11.6 Å². The maximum atomic E-state index is 11.8. The SMILES string of the molecule is CCCCCCCC(=O)N/N=C/c1ccccc1OCc1ccccc1Cl. The van der Waals surface area contributed by atoms with Crippen LogP contribution in [0.1, 0.15) is 56.6 Å². The predicted molar refractivity (Wildman–Crippen MR) is 111 cm³/mol. The van der Waals surface area contributed by atoms with Crippen molar-refractivity contribution >= 4 is 23.7 Å². The molecule has 0 aliphatic heterocycles. The van der Waals surface area contributed by atoms with E-state index in [0.29, 0.717) is 23.8 Å². The van der Waals surface area contributed by atoms with Crippen molar-refractivity contribution in [3.63, 3.8) is 0 Å². The topological polar surface area (TPSA) is 50.7 Å². The van der Waals surface area contributed by atoms with E-state index < -0.39 is 0 Å². The summed E-state index contributed by atoms with van der Waals surface area (Å²) in [7, 11) is 0. The Balaban J connectivity index is 1.83. The van der Waals surface area contributed by atoms with E-state index >= 15 is 0 Å². The zero-order valence-corrected chi connectivity index (χ0v) is 16.5. The number of nitrogens with zero attached hydrogens (tertiary/aromatic N) is 1. The lowest BCUT2D eigenvalue weighted by molar-refractivity contribution is -0.121. The number of benzene rings is 2. The number of carbonyl (C=O) groups excluding carboxylic acids is 1. The number of unbranched alkanes of at least 4 members (excludes halogenated alkanes) is 4. The third-order valence-corrected chi connectivity index (χ3v) is 4.53. The summed E-state index contributed by atoms with van der Waals surface area (Å²) in [6.07, 6.45) is 7.72. The Morgan fingerprint density at radius 3 is 2.63 bits per heavy atom. The van der Waals surface area contributed by atoms with E-state index in [-0.39, 0.29) is 5.91 Å². The number of nitrogens with one attached hydrogen (secondary N) is 1. The molecule has 1 amide bonds. The summed E-state index contributed by atoms with van der Waals surface area (Å²) in [5, 5.41) is 4.73. The van der Waals surface area contributed by atoms with Gasteiger partial charge in [0.15, 0.2) is 0 Å². The van der Waals surface area contributed by atoms with Gasteiger partial charge in [0.25, 0.3) is 0 Å². The Bertz CT molecular complexity index is 747. The van der Waals surface area contributed by atoms with Crippen LogP contribution in [0.2, 0.25) is 5.02 Å². The lowest BCUT2D eigenvalue weighted by Crippen LogP contribution is -2.17. The van der Waals surface area contributed by atoms with Crippen LogP contribution in [0.3, 0.4) is 0 Å². The number of hydrogen-bond donors (Lipinski definition) is 1. The Labute approximate surface area is 166 Å². The summed E-state index contributed by atoms with van der Waals surface area (Å²) in [5.41, 5.74) is 4.30. The van der Waals surface area contributed by atoms with Crippen LogP contribution in [-0.2, 0) is 11.4 Å². The summed E-state index contributed by atoms with van der Waals surface area (Å²) in [5.74, 6) is 0.632. The number of hydrazone groups is 1. The van der Waals surface area contributed by atoms with E-state index in [1.807, 2.05) is 48.5 Å². The molecule has 2 aromatic rings. The number of rotatable bonds is 11. The molecule has 0 heterocycles. The second-order valence-corrected chi connectivity index (χ2v) is 6.78. The van der Waals surface area contributed by atoms with Crippen molar-refractivity contribution in [3.05, 3.63) is 64.7 Å². The molecular formula is C22H27ClN2O2. The van der Waals surface area contributed by atoms with Crippen LogP contribution in [0.15, 0.2) is 53.6 Å². The number of ether oxygens (including phenoxy) is 1. The normalized spacial score (nSPS) is 10.9. The zero-order valence-electron chi connectivity index (χ0n) is 15.8. The van der Waals surface area contributed by atoms with Gasteiger partial charge in [-0.2, -0.15) is 5.10 Å². The minimum Gasteiger partial charge on any atom is -0.488 e. The fraction of sp³-hybridized carbons (Fsp3) is 0.364. The number of halogens is 1. The second kappa shape index (κ2) is 12.1. The number of para-hydroxylation sites is 1. The van der Waals surface area contributed by atoms with Gasteiger partial charge in [-0.3, -0.25) is 4.79 Å². The van der Waals surface area contributed by atoms with Crippen LogP contribution in [0.4, 0.5) is 0 Å². The first-order valence-corrected chi connectivity index (χ1v) is 9.85. The van der Waals surface area contributed by atoms with Gasteiger partial charge in [-0.25, -0.2) is 5.43 Å². The van der Waals surface area contributed by atoms with Crippen LogP contribution in [0.5, 0.6) is 5.75 Å². The second-order valence-electron chi connectivity index (χ2n) is 6.38. The summed E-state index contributed by atoms with van der Waals surface area (Å²) in [6.45, 7) is 2.55. The Morgan fingerprint density at radius 1 is 1.07 bits per heavy atom. The average molecular weight is 387 g/mol. The molecular weight excluding hydrogens is 360 g/mol. The molecule has 0 aliphatic carbocycles. The molecule has 0 aromatic heterocycles. The Kier molecular flexibility index (Phi) is 9.42. The molecule has 0 unspecified atom stereocenters. The molecule has 0 saturated carbocycles. The first kappa shape index (κ1) is 21.0. The van der Waals surface area contributed by atoms with E-state index in [2.05, 4.69) is 17.5 Å². The summed E-state index contributed by atoms with van der Waals surface area (Å²) in [6, 6.07) is 15.1. The highest BCUT2D eigenvalue weighted by molar-refractivity contribution is 6.31. The molecule has 1 N–H and O–H groups in total. The smallest absolute Gasteiger partial charge is 0.240 e. The van der Waals surface area contributed by atoms with E-state index in [9.17, 15) is 4.79 Å². The van der Waals surface area contributed by atoms with Crippen LogP contribution in [-0.4, -0.2) is 12.1 Å². The van der Waals surface area contributed by atoms with Crippen molar-refractivity contribution in [2.75, 3.05) is 0 Å². The van der Waals surface area contributed by atoms with E-state index in [1.54, 1.807) is 6.21 Å². The van der Waals surface area contributed by atoms with Gasteiger partial charge in [0.2, 0.25) is 5.91 Å². The predicted octanol–water partition coefficient (Wildman–Crippen LogP) is 5.73. The third kappa shape index (κ3) is 7.83. The molecule has 144 valence electrons. The quantitative estimate of drug-likeness (QED) is 0.304. The minimum atomic E-state index is -0.0581. The maximum absolute atomic E-state index is 11.8. The number of carbonyl (C=O) groups is 1.